The molecule has 2 aromatic rings. The second-order valence-corrected chi connectivity index (χ2v) is 14.9. The highest BCUT2D eigenvalue weighted by atomic mass is 35.5. The van der Waals surface area contributed by atoms with Gasteiger partial charge in [-0.2, -0.15) is 0 Å². The van der Waals surface area contributed by atoms with Crippen LogP contribution in [0.4, 0.5) is 0 Å². The number of carbonyl (C=O) groups is 2. The predicted molar refractivity (Wildman–Crippen MR) is 146 cm³/mol. The smallest absolute Gasteiger partial charge is 0.304 e. The number of hydrogen-bond donors (Lipinski definition) is 1. The molecule has 0 spiro atoms. The second kappa shape index (κ2) is 10.9. The van der Waals surface area contributed by atoms with Crippen LogP contribution in [0, 0.1) is 5.41 Å². The van der Waals surface area contributed by atoms with Gasteiger partial charge in [0.1, 0.15) is 0 Å². The van der Waals surface area contributed by atoms with Crippen LogP contribution in [0.2, 0.25) is 10.0 Å². The van der Waals surface area contributed by atoms with E-state index in [1.165, 1.54) is 6.20 Å². The quantitative estimate of drug-likeness (QED) is 0.423. The van der Waals surface area contributed by atoms with Crippen molar-refractivity contribution in [3.63, 3.8) is 0 Å². The van der Waals surface area contributed by atoms with E-state index in [1.54, 1.807) is 57.0 Å². The number of pyridine rings is 1. The number of piperidine rings is 1. The van der Waals surface area contributed by atoms with Crippen molar-refractivity contribution in [2.75, 3.05) is 5.75 Å². The van der Waals surface area contributed by atoms with Crippen LogP contribution < -0.4 is 0 Å². The summed E-state index contributed by atoms with van der Waals surface area (Å²) < 4.78 is 24.8. The van der Waals surface area contributed by atoms with Crippen LogP contribution in [-0.4, -0.2) is 51.8 Å². The molecule has 37 heavy (non-hydrogen) atoms. The highest BCUT2D eigenvalue weighted by Crippen LogP contribution is 2.52. The predicted octanol–water partition coefficient (Wildman–Crippen LogP) is 5.92. The number of benzene rings is 1. The number of hydrogen-bond acceptors (Lipinski definition) is 5. The van der Waals surface area contributed by atoms with E-state index in [-0.39, 0.29) is 36.8 Å². The summed E-state index contributed by atoms with van der Waals surface area (Å²) in [6.45, 7) is 8.45. The van der Waals surface area contributed by atoms with E-state index < -0.39 is 38.1 Å². The van der Waals surface area contributed by atoms with Gasteiger partial charge < -0.3 is 10.0 Å². The molecule has 1 aromatic carbocycles. The number of nitrogens with zero attached hydrogens (tertiary/aromatic N) is 2. The van der Waals surface area contributed by atoms with Crippen molar-refractivity contribution in [2.45, 2.75) is 76.6 Å². The van der Waals surface area contributed by atoms with Gasteiger partial charge in [-0.05, 0) is 69.9 Å². The molecule has 2 heterocycles. The van der Waals surface area contributed by atoms with Crippen molar-refractivity contribution in [3.05, 3.63) is 63.9 Å². The minimum atomic E-state index is -3.43. The molecule has 0 radical (unpaired) electrons. The summed E-state index contributed by atoms with van der Waals surface area (Å²) in [5.74, 6) is -1.84. The van der Waals surface area contributed by atoms with Crippen molar-refractivity contribution in [1.29, 1.82) is 0 Å². The van der Waals surface area contributed by atoms with Gasteiger partial charge in [0, 0.05) is 29.4 Å². The molecule has 1 amide bonds. The van der Waals surface area contributed by atoms with Crippen LogP contribution in [0.25, 0.3) is 0 Å². The Morgan fingerprint density at radius 1 is 1.16 bits per heavy atom. The molecule has 1 fully saturated rings. The van der Waals surface area contributed by atoms with Crippen LogP contribution in [0.1, 0.15) is 77.0 Å². The average Bonchev–Trinajstić information content (AvgIpc) is 2.78. The van der Waals surface area contributed by atoms with Gasteiger partial charge in [-0.3, -0.25) is 14.6 Å². The minimum Gasteiger partial charge on any atom is -0.481 e. The molecule has 7 nitrogen and oxygen atoms in total. The molecule has 1 aromatic heterocycles. The summed E-state index contributed by atoms with van der Waals surface area (Å²) >= 11 is 12.4. The van der Waals surface area contributed by atoms with Crippen molar-refractivity contribution >= 4 is 44.9 Å². The van der Waals surface area contributed by atoms with E-state index in [0.717, 1.165) is 11.1 Å². The Morgan fingerprint density at radius 3 is 2.32 bits per heavy atom. The van der Waals surface area contributed by atoms with Gasteiger partial charge >= 0.3 is 5.97 Å². The fourth-order valence-electron chi connectivity index (χ4n) is 5.03. The maximum Gasteiger partial charge on any atom is 0.304 e. The highest BCUT2D eigenvalue weighted by Gasteiger charge is 2.52. The maximum absolute atomic E-state index is 14.1. The zero-order valence-corrected chi connectivity index (χ0v) is 24.1. The second-order valence-electron chi connectivity index (χ2n) is 11.2. The molecule has 1 aliphatic heterocycles. The van der Waals surface area contributed by atoms with Gasteiger partial charge in [-0.25, -0.2) is 8.42 Å². The SMILES string of the molecule is CC(CCS(=O)(=O)C(C)(C)C)N1C(=O)C(C)(CC(=O)O)CC(c2cncc(Cl)c2)C1c1ccc(Cl)cc1. The zero-order chi connectivity index (χ0) is 27.8. The molecule has 0 bridgehead atoms. The molecule has 0 aliphatic carbocycles. The highest BCUT2D eigenvalue weighted by molar-refractivity contribution is 7.92. The van der Waals surface area contributed by atoms with Gasteiger partial charge in [-0.15, -0.1) is 0 Å². The van der Waals surface area contributed by atoms with Crippen LogP contribution in [0.3, 0.4) is 0 Å². The first kappa shape index (κ1) is 29.4. The molecule has 1 saturated heterocycles. The van der Waals surface area contributed by atoms with E-state index in [0.29, 0.717) is 10.0 Å². The molecule has 10 heteroatoms. The first-order valence-electron chi connectivity index (χ1n) is 12.2. The number of likely N-dealkylation sites (tertiary alicyclic amines) is 1. The Balaban J connectivity index is 2.16. The first-order chi connectivity index (χ1) is 17.1. The topological polar surface area (TPSA) is 105 Å². The average molecular weight is 570 g/mol. The van der Waals surface area contributed by atoms with E-state index in [2.05, 4.69) is 4.98 Å². The van der Waals surface area contributed by atoms with Crippen LogP contribution in [0.5, 0.6) is 0 Å². The van der Waals surface area contributed by atoms with E-state index in [1.807, 2.05) is 19.1 Å². The lowest BCUT2D eigenvalue weighted by molar-refractivity contribution is -0.160. The summed E-state index contributed by atoms with van der Waals surface area (Å²) in [7, 11) is -3.43. The van der Waals surface area contributed by atoms with Gasteiger partial charge in [0.05, 0.1) is 33.4 Å². The third kappa shape index (κ3) is 6.47. The van der Waals surface area contributed by atoms with Gasteiger partial charge in [0.15, 0.2) is 9.84 Å². The Kier molecular flexibility index (Phi) is 8.67. The Labute approximate surface area is 229 Å². The Hall–Kier alpha value is -2.16. The molecule has 3 rings (SSSR count). The number of carboxylic acid groups (broad SMARTS) is 1. The Bertz CT molecular complexity index is 1260. The van der Waals surface area contributed by atoms with Gasteiger partial charge in [0.2, 0.25) is 5.91 Å². The summed E-state index contributed by atoms with van der Waals surface area (Å²) in [6, 6.07) is 7.96. The molecule has 1 aliphatic rings. The van der Waals surface area contributed by atoms with Crippen molar-refractivity contribution in [1.82, 2.24) is 9.88 Å². The normalized spacial score (nSPS) is 23.6. The fourth-order valence-corrected chi connectivity index (χ4v) is 6.60. The van der Waals surface area contributed by atoms with Crippen LogP contribution in [0.15, 0.2) is 42.7 Å². The fraction of sp³-hybridized carbons (Fsp3) is 0.519. The largest absolute Gasteiger partial charge is 0.481 e. The standard InChI is InChI=1S/C27H34Cl2N2O5S/c1-17(10-11-37(35,36)26(2,3)4)31-24(18-6-8-20(28)9-7-18)22(19-12-21(29)16-30-15-19)13-27(5,25(31)34)14-23(32)33/h6-9,12,15-17,22,24H,10-11,13-14H2,1-5H3,(H,32,33). The van der Waals surface area contributed by atoms with Gasteiger partial charge in [0.25, 0.3) is 0 Å². The maximum atomic E-state index is 14.1. The molecular weight excluding hydrogens is 535 g/mol. The minimum absolute atomic E-state index is 0.103. The molecule has 4 atom stereocenters. The number of carbonyl (C=O) groups excluding carboxylic acids is 1. The third-order valence-corrected chi connectivity index (χ3v) is 10.3. The molecule has 0 saturated carbocycles. The number of amides is 1. The van der Waals surface area contributed by atoms with Crippen LogP contribution >= 0.6 is 23.2 Å². The summed E-state index contributed by atoms with van der Waals surface area (Å²) in [5, 5.41) is 10.7. The Morgan fingerprint density at radius 2 is 1.78 bits per heavy atom. The molecule has 202 valence electrons. The number of carboxylic acids is 1. The lowest BCUT2D eigenvalue weighted by Crippen LogP contribution is -2.55. The van der Waals surface area contributed by atoms with Crippen molar-refractivity contribution in [3.8, 4) is 0 Å². The van der Waals surface area contributed by atoms with E-state index >= 15 is 0 Å². The first-order valence-corrected chi connectivity index (χ1v) is 14.6. The number of rotatable bonds is 8. The summed E-state index contributed by atoms with van der Waals surface area (Å²) in [6.07, 6.45) is 3.32. The molecule has 1 N–H and O–H groups in total. The van der Waals surface area contributed by atoms with Crippen molar-refractivity contribution < 1.29 is 23.1 Å². The summed E-state index contributed by atoms with van der Waals surface area (Å²) in [4.78, 5) is 31.9. The zero-order valence-electron chi connectivity index (χ0n) is 21.7. The number of halogens is 2. The monoisotopic (exact) mass is 568 g/mol. The van der Waals surface area contributed by atoms with Crippen molar-refractivity contribution in [2.24, 2.45) is 5.41 Å². The van der Waals surface area contributed by atoms with E-state index in [9.17, 15) is 23.1 Å². The number of aliphatic carboxylic acids is 1. The molecular formula is C27H34Cl2N2O5S. The third-order valence-electron chi connectivity index (χ3n) is 7.22. The lowest BCUT2D eigenvalue weighted by atomic mass is 9.67. The number of aromatic nitrogens is 1. The number of sulfone groups is 1. The van der Waals surface area contributed by atoms with Crippen LogP contribution in [-0.2, 0) is 19.4 Å². The van der Waals surface area contributed by atoms with Gasteiger partial charge in [-0.1, -0.05) is 42.3 Å². The van der Waals surface area contributed by atoms with E-state index in [4.69, 9.17) is 23.2 Å². The summed E-state index contributed by atoms with van der Waals surface area (Å²) in [5.41, 5.74) is 0.375. The molecule has 4 unspecified atom stereocenters. The lowest BCUT2D eigenvalue weighted by Gasteiger charge is -2.51.